The Bertz CT molecular complexity index is 1550. The van der Waals surface area contributed by atoms with Gasteiger partial charge in [-0.3, -0.25) is 9.59 Å². The fourth-order valence-corrected chi connectivity index (χ4v) is 4.24. The molecule has 4 nitrogen and oxygen atoms in total. The quantitative estimate of drug-likeness (QED) is 0.342. The molecule has 0 aliphatic carbocycles. The number of fused-ring (bicyclic) bond motifs is 3. The maximum Gasteiger partial charge on any atom is 0.270 e. The monoisotopic (exact) mass is 474 g/mol. The smallest absolute Gasteiger partial charge is 0.267 e. The maximum absolute atomic E-state index is 13.7. The number of rotatable bonds is 3. The van der Waals surface area contributed by atoms with Crippen molar-refractivity contribution in [2.75, 3.05) is 0 Å². The van der Waals surface area contributed by atoms with E-state index in [2.05, 4.69) is 15.9 Å². The highest BCUT2D eigenvalue weighted by Crippen LogP contribution is 2.31. The molecule has 2 aromatic heterocycles. The Labute approximate surface area is 184 Å². The van der Waals surface area contributed by atoms with Crippen LogP contribution in [0.25, 0.3) is 22.2 Å². The van der Waals surface area contributed by atoms with Gasteiger partial charge >= 0.3 is 0 Å². The number of benzene rings is 3. The first-order chi connectivity index (χ1) is 15.0. The first-order valence-electron chi connectivity index (χ1n) is 9.72. The Kier molecular flexibility index (Phi) is 4.79. The van der Waals surface area contributed by atoms with E-state index in [1.54, 1.807) is 12.1 Å². The Hall–Kier alpha value is -3.51. The first kappa shape index (κ1) is 19.5. The van der Waals surface area contributed by atoms with Crippen LogP contribution in [0.5, 0.6) is 0 Å². The van der Waals surface area contributed by atoms with Crippen molar-refractivity contribution in [2.45, 2.75) is 6.42 Å². The van der Waals surface area contributed by atoms with E-state index in [4.69, 9.17) is 0 Å². The minimum Gasteiger partial charge on any atom is -0.267 e. The standard InChI is InChI=1S/C25H16BrFN2O2/c26-18-9-5-16(6-10-18)15-21-20-3-1-2-4-22(20)28-23(30)13-14-24(31)29(28)25(21)17-7-11-19(27)12-8-17/h1-14H,15H2. The molecule has 0 N–H and O–H groups in total. The summed E-state index contributed by atoms with van der Waals surface area (Å²) in [7, 11) is 0. The highest BCUT2D eigenvalue weighted by atomic mass is 79.9. The van der Waals surface area contributed by atoms with Crippen LogP contribution in [0, 0.1) is 5.82 Å². The van der Waals surface area contributed by atoms with Crippen molar-refractivity contribution in [3.63, 3.8) is 0 Å². The average molecular weight is 475 g/mol. The van der Waals surface area contributed by atoms with Gasteiger partial charge in [-0.25, -0.2) is 13.4 Å². The van der Waals surface area contributed by atoms with Gasteiger partial charge in [0.25, 0.3) is 11.1 Å². The van der Waals surface area contributed by atoms with Crippen LogP contribution in [0.2, 0.25) is 0 Å². The minimum atomic E-state index is -0.368. The van der Waals surface area contributed by atoms with E-state index in [-0.39, 0.29) is 16.9 Å². The van der Waals surface area contributed by atoms with Crippen LogP contribution in [0.4, 0.5) is 4.39 Å². The average Bonchev–Trinajstić information content (AvgIpc) is 2.78. The van der Waals surface area contributed by atoms with E-state index in [0.717, 1.165) is 21.0 Å². The van der Waals surface area contributed by atoms with Gasteiger partial charge in [0, 0.05) is 34.0 Å². The van der Waals surface area contributed by atoms with Gasteiger partial charge < -0.3 is 0 Å². The van der Waals surface area contributed by atoms with Gasteiger partial charge in [-0.15, -0.1) is 0 Å². The fourth-order valence-electron chi connectivity index (χ4n) is 3.98. The van der Waals surface area contributed by atoms with Crippen molar-refractivity contribution in [3.8, 4) is 11.3 Å². The molecule has 0 spiro atoms. The van der Waals surface area contributed by atoms with Gasteiger partial charge in [-0.1, -0.05) is 46.3 Å². The number of hydrogen-bond acceptors (Lipinski definition) is 2. The molecule has 0 fully saturated rings. The predicted molar refractivity (Wildman–Crippen MR) is 123 cm³/mol. The van der Waals surface area contributed by atoms with Crippen molar-refractivity contribution in [1.29, 1.82) is 0 Å². The van der Waals surface area contributed by atoms with E-state index in [0.29, 0.717) is 23.2 Å². The van der Waals surface area contributed by atoms with Crippen LogP contribution in [0.15, 0.2) is 99.0 Å². The lowest BCUT2D eigenvalue weighted by Gasteiger charge is -2.19. The topological polar surface area (TPSA) is 43.0 Å². The van der Waals surface area contributed by atoms with Gasteiger partial charge in [-0.2, -0.15) is 0 Å². The lowest BCUT2D eigenvalue weighted by atomic mass is 9.95. The van der Waals surface area contributed by atoms with Gasteiger partial charge in [0.2, 0.25) is 0 Å². The molecular formula is C25H16BrFN2O2. The molecule has 0 radical (unpaired) electrons. The summed E-state index contributed by atoms with van der Waals surface area (Å²) in [5.74, 6) is -0.368. The van der Waals surface area contributed by atoms with E-state index < -0.39 is 0 Å². The molecule has 0 saturated heterocycles. The largest absolute Gasteiger partial charge is 0.270 e. The second-order valence-corrected chi connectivity index (χ2v) is 8.20. The number of nitrogens with zero attached hydrogens (tertiary/aromatic N) is 2. The Morgan fingerprint density at radius 2 is 1.39 bits per heavy atom. The number of halogens is 2. The summed E-state index contributed by atoms with van der Waals surface area (Å²) in [5.41, 5.74) is 3.16. The summed E-state index contributed by atoms with van der Waals surface area (Å²) in [5, 5.41) is 0.859. The third kappa shape index (κ3) is 3.39. The zero-order chi connectivity index (χ0) is 21.5. The van der Waals surface area contributed by atoms with Crippen LogP contribution in [0.1, 0.15) is 11.1 Å². The molecular weight excluding hydrogens is 459 g/mol. The Morgan fingerprint density at radius 3 is 2.10 bits per heavy atom. The zero-order valence-electron chi connectivity index (χ0n) is 16.3. The lowest BCUT2D eigenvalue weighted by molar-refractivity contribution is 0.628. The normalized spacial score (nSPS) is 11.3. The van der Waals surface area contributed by atoms with E-state index in [1.807, 2.05) is 48.5 Å². The lowest BCUT2D eigenvalue weighted by Crippen LogP contribution is -2.31. The summed E-state index contributed by atoms with van der Waals surface area (Å²) in [6.45, 7) is 0. The molecule has 0 aliphatic rings. The summed E-state index contributed by atoms with van der Waals surface area (Å²) in [4.78, 5) is 25.8. The second kappa shape index (κ2) is 7.63. The fraction of sp³-hybridized carbons (Fsp3) is 0.0400. The molecule has 0 saturated carbocycles. The molecule has 0 bridgehead atoms. The van der Waals surface area contributed by atoms with Crippen molar-refractivity contribution in [3.05, 3.63) is 127 Å². The maximum atomic E-state index is 13.7. The molecule has 0 atom stereocenters. The minimum absolute atomic E-state index is 0.311. The molecule has 2 heterocycles. The molecule has 152 valence electrons. The molecule has 3 aromatic carbocycles. The van der Waals surface area contributed by atoms with Crippen LogP contribution in [0.3, 0.4) is 0 Å². The summed E-state index contributed by atoms with van der Waals surface area (Å²) in [6, 6.07) is 24.0. The van der Waals surface area contributed by atoms with Crippen LogP contribution >= 0.6 is 15.9 Å². The van der Waals surface area contributed by atoms with E-state index >= 15 is 0 Å². The van der Waals surface area contributed by atoms with Crippen molar-refractivity contribution in [1.82, 2.24) is 9.03 Å². The second-order valence-electron chi connectivity index (χ2n) is 7.29. The molecule has 0 unspecified atom stereocenters. The van der Waals surface area contributed by atoms with E-state index in [9.17, 15) is 14.0 Å². The Balaban J connectivity index is 1.97. The molecule has 5 aromatic rings. The third-order valence-corrected chi connectivity index (χ3v) is 5.88. The van der Waals surface area contributed by atoms with Gasteiger partial charge in [0.15, 0.2) is 0 Å². The number of hydrogen-bond donors (Lipinski definition) is 0. The van der Waals surface area contributed by atoms with Crippen molar-refractivity contribution in [2.24, 2.45) is 0 Å². The molecule has 31 heavy (non-hydrogen) atoms. The molecule has 0 amide bonds. The predicted octanol–water partition coefficient (Wildman–Crippen LogP) is 5.07. The van der Waals surface area contributed by atoms with Crippen molar-refractivity contribution < 1.29 is 4.39 Å². The van der Waals surface area contributed by atoms with Gasteiger partial charge in [0.05, 0.1) is 11.2 Å². The molecule has 0 aliphatic heterocycles. The summed E-state index contributed by atoms with van der Waals surface area (Å²) < 4.78 is 17.4. The van der Waals surface area contributed by atoms with Gasteiger partial charge in [0.1, 0.15) is 5.82 Å². The molecule has 6 heteroatoms. The summed E-state index contributed by atoms with van der Waals surface area (Å²) in [6.07, 6.45) is 0.534. The van der Waals surface area contributed by atoms with E-state index in [1.165, 1.54) is 33.3 Å². The van der Waals surface area contributed by atoms with Crippen LogP contribution in [-0.4, -0.2) is 9.03 Å². The van der Waals surface area contributed by atoms with Gasteiger partial charge in [-0.05, 0) is 53.6 Å². The SMILES string of the molecule is O=c1ccc(=O)n2c3ccccc3c(Cc3ccc(Br)cc3)c(-c3ccc(F)cc3)n12. The zero-order valence-corrected chi connectivity index (χ0v) is 17.8. The van der Waals surface area contributed by atoms with Crippen LogP contribution < -0.4 is 11.1 Å². The summed E-state index contributed by atoms with van der Waals surface area (Å²) >= 11 is 3.46. The highest BCUT2D eigenvalue weighted by molar-refractivity contribution is 9.10. The first-order valence-corrected chi connectivity index (χ1v) is 10.5. The van der Waals surface area contributed by atoms with Crippen LogP contribution in [-0.2, 0) is 6.42 Å². The Morgan fingerprint density at radius 1 is 0.742 bits per heavy atom. The number of para-hydroxylation sites is 1. The van der Waals surface area contributed by atoms with Crippen molar-refractivity contribution >= 4 is 26.8 Å². The third-order valence-electron chi connectivity index (χ3n) is 5.35. The highest BCUT2D eigenvalue weighted by Gasteiger charge is 2.18. The number of aromatic nitrogens is 2. The molecule has 5 rings (SSSR count).